The van der Waals surface area contributed by atoms with Gasteiger partial charge in [0.15, 0.2) is 0 Å². The monoisotopic (exact) mass is 218 g/mol. The quantitative estimate of drug-likeness (QED) is 0.793. The predicted octanol–water partition coefficient (Wildman–Crippen LogP) is 2.53. The van der Waals surface area contributed by atoms with Crippen molar-refractivity contribution >= 4 is 23.2 Å². The van der Waals surface area contributed by atoms with E-state index in [0.717, 1.165) is 12.0 Å². The second-order valence-electron chi connectivity index (χ2n) is 3.13. The number of hydrogen-bond donors (Lipinski definition) is 1. The Balaban J connectivity index is 2.77. The molecule has 1 aromatic heterocycles. The summed E-state index contributed by atoms with van der Waals surface area (Å²) in [5.41, 5.74) is 6.51. The van der Waals surface area contributed by atoms with E-state index in [9.17, 15) is 0 Å². The van der Waals surface area contributed by atoms with E-state index in [-0.39, 0.29) is 0 Å². The highest BCUT2D eigenvalue weighted by molar-refractivity contribution is 6.32. The molecule has 0 aliphatic heterocycles. The molecule has 0 aromatic carbocycles. The van der Waals surface area contributed by atoms with Crippen molar-refractivity contribution in [2.75, 3.05) is 6.54 Å². The first-order valence-corrected chi connectivity index (χ1v) is 4.90. The second kappa shape index (κ2) is 4.80. The Morgan fingerprint density at radius 2 is 2.15 bits per heavy atom. The van der Waals surface area contributed by atoms with Crippen molar-refractivity contribution in [1.29, 1.82) is 0 Å². The zero-order chi connectivity index (χ0) is 9.84. The van der Waals surface area contributed by atoms with E-state index in [1.165, 1.54) is 0 Å². The Bertz CT molecular complexity index is 289. The van der Waals surface area contributed by atoms with Gasteiger partial charge in [0.25, 0.3) is 0 Å². The molecule has 0 aliphatic carbocycles. The molecule has 0 bridgehead atoms. The van der Waals surface area contributed by atoms with Crippen LogP contribution in [0.3, 0.4) is 0 Å². The lowest BCUT2D eigenvalue weighted by atomic mass is 10.0. The van der Waals surface area contributed by atoms with Crippen molar-refractivity contribution in [2.45, 2.75) is 13.3 Å². The molecule has 1 unspecified atom stereocenters. The van der Waals surface area contributed by atoms with Gasteiger partial charge < -0.3 is 5.73 Å². The molecule has 1 heterocycles. The van der Waals surface area contributed by atoms with Gasteiger partial charge in [-0.1, -0.05) is 36.2 Å². The van der Waals surface area contributed by atoms with Gasteiger partial charge in [0.1, 0.15) is 10.3 Å². The molecule has 0 saturated carbocycles. The number of hydrogen-bond acceptors (Lipinski definition) is 2. The van der Waals surface area contributed by atoms with Gasteiger partial charge in [-0.05, 0) is 30.5 Å². The van der Waals surface area contributed by atoms with Crippen molar-refractivity contribution < 1.29 is 0 Å². The van der Waals surface area contributed by atoms with Gasteiger partial charge >= 0.3 is 0 Å². The van der Waals surface area contributed by atoms with Crippen LogP contribution in [0.25, 0.3) is 0 Å². The molecule has 2 nitrogen and oxygen atoms in total. The molecule has 1 aromatic rings. The Labute approximate surface area is 88.1 Å². The Morgan fingerprint density at radius 3 is 2.69 bits per heavy atom. The van der Waals surface area contributed by atoms with Crippen LogP contribution in [0.1, 0.15) is 12.5 Å². The minimum absolute atomic E-state index is 0.417. The summed E-state index contributed by atoms with van der Waals surface area (Å²) in [4.78, 5) is 3.95. The topological polar surface area (TPSA) is 38.9 Å². The Kier molecular flexibility index (Phi) is 3.97. The minimum Gasteiger partial charge on any atom is -0.330 e. The summed E-state index contributed by atoms with van der Waals surface area (Å²) in [6.07, 6.45) is 0.847. The van der Waals surface area contributed by atoms with Crippen LogP contribution >= 0.6 is 23.2 Å². The van der Waals surface area contributed by atoms with E-state index in [1.807, 2.05) is 6.07 Å². The largest absolute Gasteiger partial charge is 0.330 e. The first-order chi connectivity index (χ1) is 6.13. The zero-order valence-corrected chi connectivity index (χ0v) is 8.94. The smallest absolute Gasteiger partial charge is 0.134 e. The van der Waals surface area contributed by atoms with Crippen molar-refractivity contribution in [1.82, 2.24) is 4.98 Å². The third-order valence-corrected chi connectivity index (χ3v) is 2.40. The molecule has 2 N–H and O–H groups in total. The normalized spacial score (nSPS) is 12.9. The van der Waals surface area contributed by atoms with Crippen LogP contribution in [-0.2, 0) is 6.42 Å². The van der Waals surface area contributed by atoms with Crippen LogP contribution in [0, 0.1) is 5.92 Å². The van der Waals surface area contributed by atoms with Crippen molar-refractivity contribution in [3.05, 3.63) is 28.0 Å². The molecular formula is C9H12Cl2N2. The fraction of sp³-hybridized carbons (Fsp3) is 0.444. The molecule has 1 atom stereocenters. The minimum atomic E-state index is 0.417. The van der Waals surface area contributed by atoms with Crippen LogP contribution in [-0.4, -0.2) is 11.5 Å². The van der Waals surface area contributed by atoms with Gasteiger partial charge in [0.2, 0.25) is 0 Å². The standard InChI is InChI=1S/C9H12Cl2N2/c1-6(5-12)4-7-2-3-8(10)13-9(7)11/h2-3,6H,4-5,12H2,1H3. The number of aromatic nitrogens is 1. The summed E-state index contributed by atoms with van der Waals surface area (Å²) < 4.78 is 0. The summed E-state index contributed by atoms with van der Waals surface area (Å²) in [5.74, 6) is 0.417. The fourth-order valence-electron chi connectivity index (χ4n) is 1.05. The molecular weight excluding hydrogens is 207 g/mol. The number of halogens is 2. The predicted molar refractivity (Wildman–Crippen MR) is 56.2 cm³/mol. The van der Waals surface area contributed by atoms with Gasteiger partial charge in [0, 0.05) is 0 Å². The van der Waals surface area contributed by atoms with Crippen LogP contribution in [0.15, 0.2) is 12.1 Å². The maximum absolute atomic E-state index is 5.89. The van der Waals surface area contributed by atoms with E-state index in [1.54, 1.807) is 6.07 Å². The highest BCUT2D eigenvalue weighted by Crippen LogP contribution is 2.19. The summed E-state index contributed by atoms with van der Waals surface area (Å²) in [5, 5.41) is 0.905. The summed E-state index contributed by atoms with van der Waals surface area (Å²) >= 11 is 11.6. The number of nitrogens with two attached hydrogens (primary N) is 1. The van der Waals surface area contributed by atoms with Gasteiger partial charge in [0.05, 0.1) is 0 Å². The second-order valence-corrected chi connectivity index (χ2v) is 3.87. The first kappa shape index (κ1) is 10.8. The number of rotatable bonds is 3. The number of pyridine rings is 1. The molecule has 0 saturated heterocycles. The van der Waals surface area contributed by atoms with E-state index < -0.39 is 0 Å². The third kappa shape index (κ3) is 3.14. The number of nitrogens with zero attached hydrogens (tertiary/aromatic N) is 1. The molecule has 0 amide bonds. The third-order valence-electron chi connectivity index (χ3n) is 1.86. The zero-order valence-electron chi connectivity index (χ0n) is 7.43. The lowest BCUT2D eigenvalue weighted by molar-refractivity contribution is 0.592. The molecule has 0 spiro atoms. The molecule has 4 heteroatoms. The molecule has 0 radical (unpaired) electrons. The Morgan fingerprint density at radius 1 is 1.46 bits per heavy atom. The highest BCUT2D eigenvalue weighted by atomic mass is 35.5. The van der Waals surface area contributed by atoms with Crippen LogP contribution in [0.4, 0.5) is 0 Å². The summed E-state index contributed by atoms with van der Waals surface area (Å²) in [6.45, 7) is 2.73. The van der Waals surface area contributed by atoms with Crippen LogP contribution in [0.2, 0.25) is 10.3 Å². The van der Waals surface area contributed by atoms with Crippen LogP contribution in [0.5, 0.6) is 0 Å². The SMILES string of the molecule is CC(CN)Cc1ccc(Cl)nc1Cl. The van der Waals surface area contributed by atoms with Gasteiger partial charge in [-0.2, -0.15) is 0 Å². The summed E-state index contributed by atoms with van der Waals surface area (Å²) in [6, 6.07) is 3.63. The average molecular weight is 219 g/mol. The highest BCUT2D eigenvalue weighted by Gasteiger charge is 2.06. The van der Waals surface area contributed by atoms with Gasteiger partial charge in [-0.15, -0.1) is 0 Å². The molecule has 0 aliphatic rings. The maximum atomic E-state index is 5.89. The lowest BCUT2D eigenvalue weighted by Crippen LogP contribution is -2.13. The van der Waals surface area contributed by atoms with E-state index in [0.29, 0.717) is 22.8 Å². The molecule has 1 rings (SSSR count). The Hall–Kier alpha value is -0.310. The summed E-state index contributed by atoms with van der Waals surface area (Å²) in [7, 11) is 0. The van der Waals surface area contributed by atoms with Crippen molar-refractivity contribution in [2.24, 2.45) is 11.7 Å². The maximum Gasteiger partial charge on any atom is 0.134 e. The van der Waals surface area contributed by atoms with Crippen molar-refractivity contribution in [3.63, 3.8) is 0 Å². The van der Waals surface area contributed by atoms with Crippen molar-refractivity contribution in [3.8, 4) is 0 Å². The van der Waals surface area contributed by atoms with Gasteiger partial charge in [-0.3, -0.25) is 0 Å². The van der Waals surface area contributed by atoms with Crippen LogP contribution < -0.4 is 5.73 Å². The first-order valence-electron chi connectivity index (χ1n) is 4.14. The lowest BCUT2D eigenvalue weighted by Gasteiger charge is -2.08. The average Bonchev–Trinajstić information content (AvgIpc) is 2.09. The molecule has 0 fully saturated rings. The van der Waals surface area contributed by atoms with E-state index >= 15 is 0 Å². The van der Waals surface area contributed by atoms with Gasteiger partial charge in [-0.25, -0.2) is 4.98 Å². The molecule has 13 heavy (non-hydrogen) atoms. The van der Waals surface area contributed by atoms with E-state index in [2.05, 4.69) is 11.9 Å². The van der Waals surface area contributed by atoms with E-state index in [4.69, 9.17) is 28.9 Å². The fourth-order valence-corrected chi connectivity index (χ4v) is 1.47. The molecule has 72 valence electrons.